The van der Waals surface area contributed by atoms with E-state index in [-0.39, 0.29) is 36.5 Å². The molecule has 0 amide bonds. The van der Waals surface area contributed by atoms with Crippen molar-refractivity contribution < 1.29 is 14.6 Å². The number of esters is 1. The first-order valence-electron chi connectivity index (χ1n) is 3.63. The molecule has 0 heterocycles. The zero-order valence-corrected chi connectivity index (χ0v) is 10.8. The highest BCUT2D eigenvalue weighted by molar-refractivity contribution is 5.87. The van der Waals surface area contributed by atoms with Crippen molar-refractivity contribution in [2.24, 2.45) is 5.73 Å². The monoisotopic (exact) mass is 262 g/mol. The molecule has 0 saturated heterocycles. The molecule has 0 aromatic carbocycles. The van der Waals surface area contributed by atoms with Gasteiger partial charge in [0, 0.05) is 5.57 Å². The van der Waals surface area contributed by atoms with E-state index in [4.69, 9.17) is 10.5 Å². The normalized spacial score (nSPS) is 14.2. The molecule has 0 aromatic rings. The smallest absolute Gasteiger partial charge is 0.333 e. The van der Waals surface area contributed by atoms with Crippen LogP contribution in [0.15, 0.2) is 12.2 Å². The Morgan fingerprint density at radius 3 is 2.07 bits per heavy atom. The molecule has 2 unspecified atom stereocenters. The number of aliphatic hydroxyl groups is 1. The molecule has 0 saturated carbocycles. The lowest BCUT2D eigenvalue weighted by Gasteiger charge is -2.25. The quantitative estimate of drug-likeness (QED) is 0.402. The van der Waals surface area contributed by atoms with Gasteiger partial charge in [-0.05, 0) is 20.8 Å². The molecule has 2 atom stereocenters. The van der Waals surface area contributed by atoms with Gasteiger partial charge in [-0.15, -0.1) is 24.8 Å². The minimum atomic E-state index is -1.51. The third-order valence-corrected chi connectivity index (χ3v) is 1.46. The molecule has 0 radical (unpaired) electrons. The van der Waals surface area contributed by atoms with E-state index >= 15 is 0 Å². The number of carbonyl (C=O) groups excluding carboxylic acids is 1. The van der Waals surface area contributed by atoms with Crippen LogP contribution < -0.4 is 11.9 Å². The van der Waals surface area contributed by atoms with Crippen molar-refractivity contribution in [3.63, 3.8) is 0 Å². The fourth-order valence-electron chi connectivity index (χ4n) is 0.380. The molecule has 0 spiro atoms. The van der Waals surface area contributed by atoms with Crippen molar-refractivity contribution in [2.45, 2.75) is 32.6 Å². The third-order valence-electron chi connectivity index (χ3n) is 1.46. The summed E-state index contributed by atoms with van der Waals surface area (Å²) >= 11 is 0. The van der Waals surface area contributed by atoms with Crippen LogP contribution in [0.4, 0.5) is 0 Å². The predicted molar refractivity (Wildman–Crippen MR) is 64.7 cm³/mol. The van der Waals surface area contributed by atoms with E-state index in [0.717, 1.165) is 0 Å². The molecule has 0 fully saturated rings. The topological polar surface area (TPSA) is 108 Å². The Bertz CT molecular complexity index is 205. The van der Waals surface area contributed by atoms with E-state index in [0.29, 0.717) is 0 Å². The highest BCUT2D eigenvalue weighted by atomic mass is 35.5. The van der Waals surface area contributed by atoms with Gasteiger partial charge in [-0.1, -0.05) is 6.58 Å². The maximum atomic E-state index is 10.9. The van der Waals surface area contributed by atoms with Crippen LogP contribution in [0.2, 0.25) is 0 Å². The summed E-state index contributed by atoms with van der Waals surface area (Å²) in [7, 11) is 0. The lowest BCUT2D eigenvalue weighted by atomic mass is 10.1. The van der Waals surface area contributed by atoms with Crippen LogP contribution in [0, 0.1) is 0 Å². The van der Waals surface area contributed by atoms with Gasteiger partial charge in [-0.2, -0.15) is 0 Å². The van der Waals surface area contributed by atoms with Gasteiger partial charge in [0.25, 0.3) is 0 Å². The molecule has 0 aliphatic heterocycles. The molecule has 0 aliphatic rings. The van der Waals surface area contributed by atoms with E-state index in [1.807, 2.05) is 0 Å². The van der Waals surface area contributed by atoms with Gasteiger partial charge in [-0.25, -0.2) is 4.79 Å². The molecule has 0 bridgehead atoms. The molecule has 15 heavy (non-hydrogen) atoms. The van der Waals surface area contributed by atoms with Crippen molar-refractivity contribution >= 4 is 30.8 Å². The van der Waals surface area contributed by atoms with Crippen molar-refractivity contribution in [2.75, 3.05) is 0 Å². The van der Waals surface area contributed by atoms with E-state index in [2.05, 4.69) is 6.58 Å². The second-order valence-electron chi connectivity index (χ2n) is 3.05. The first-order chi connectivity index (χ1) is 5.25. The lowest BCUT2D eigenvalue weighted by Crippen LogP contribution is -2.48. The van der Waals surface area contributed by atoms with Crippen molar-refractivity contribution in [1.29, 1.82) is 0 Å². The van der Waals surface area contributed by atoms with Crippen LogP contribution in [0.3, 0.4) is 0 Å². The number of hydrogen-bond acceptors (Lipinski definition) is 5. The fraction of sp³-hybridized carbons (Fsp3) is 0.625. The Morgan fingerprint density at radius 1 is 1.53 bits per heavy atom. The zero-order chi connectivity index (χ0) is 9.94. The summed E-state index contributed by atoms with van der Waals surface area (Å²) in [5.41, 5.74) is 4.05. The van der Waals surface area contributed by atoms with Gasteiger partial charge in [0.1, 0.15) is 11.8 Å². The Balaban J connectivity index is -0.000000202. The maximum absolute atomic E-state index is 10.9. The van der Waals surface area contributed by atoms with Gasteiger partial charge < -0.3 is 21.7 Å². The second kappa shape index (κ2) is 8.94. The number of carbonyl (C=O) groups is 1. The summed E-state index contributed by atoms with van der Waals surface area (Å²) < 4.78 is 4.76. The third kappa shape index (κ3) is 9.96. The second-order valence-corrected chi connectivity index (χ2v) is 3.05. The SMILES string of the molecule is C=C(C)C(=O)OC(C)C(C)(N)O.Cl.Cl.N. The highest BCUT2D eigenvalue weighted by Gasteiger charge is 2.26. The van der Waals surface area contributed by atoms with Crippen LogP contribution >= 0.6 is 24.8 Å². The van der Waals surface area contributed by atoms with Crippen LogP contribution in [0.1, 0.15) is 20.8 Å². The first kappa shape index (κ1) is 24.1. The maximum Gasteiger partial charge on any atom is 0.333 e. The van der Waals surface area contributed by atoms with Gasteiger partial charge in [-0.3, -0.25) is 0 Å². The predicted octanol–water partition coefficient (Wildman–Crippen LogP) is 1.17. The molecular weight excluding hydrogens is 243 g/mol. The summed E-state index contributed by atoms with van der Waals surface area (Å²) in [5.74, 6) is -0.548. The summed E-state index contributed by atoms with van der Waals surface area (Å²) in [6, 6.07) is 0. The Hall–Kier alpha value is -0.330. The fourth-order valence-corrected chi connectivity index (χ4v) is 0.380. The number of rotatable bonds is 3. The van der Waals surface area contributed by atoms with E-state index in [1.165, 1.54) is 20.8 Å². The summed E-state index contributed by atoms with van der Waals surface area (Å²) in [6.45, 7) is 7.80. The standard InChI is InChI=1S/C8H15NO3.2ClH.H3N/c1-5(2)7(10)12-6(3)8(4,9)11;;;/h6,11H,1,9H2,2-4H3;2*1H;1H3. The Morgan fingerprint density at radius 2 is 1.87 bits per heavy atom. The van der Waals surface area contributed by atoms with Crippen molar-refractivity contribution in [3.8, 4) is 0 Å². The summed E-state index contributed by atoms with van der Waals surface area (Å²) in [4.78, 5) is 10.9. The Kier molecular flexibility index (Phi) is 14.3. The van der Waals surface area contributed by atoms with E-state index in [9.17, 15) is 9.90 Å². The molecule has 0 rings (SSSR count). The number of hydrogen-bond donors (Lipinski definition) is 3. The molecule has 0 aromatic heterocycles. The Labute approximate surface area is 102 Å². The average Bonchev–Trinajstić information content (AvgIpc) is 1.85. The van der Waals surface area contributed by atoms with Crippen molar-refractivity contribution in [1.82, 2.24) is 6.15 Å². The van der Waals surface area contributed by atoms with Gasteiger partial charge >= 0.3 is 5.97 Å². The molecule has 0 aliphatic carbocycles. The molecule has 5 nitrogen and oxygen atoms in total. The molecule has 7 heteroatoms. The van der Waals surface area contributed by atoms with E-state index in [1.54, 1.807) is 0 Å². The summed E-state index contributed by atoms with van der Waals surface area (Å²) in [5, 5.41) is 9.19. The first-order valence-corrected chi connectivity index (χ1v) is 3.63. The van der Waals surface area contributed by atoms with Crippen molar-refractivity contribution in [3.05, 3.63) is 12.2 Å². The lowest BCUT2D eigenvalue weighted by molar-refractivity contribution is -0.156. The molecule has 94 valence electrons. The minimum Gasteiger partial charge on any atom is -0.455 e. The van der Waals surface area contributed by atoms with Crippen LogP contribution in [-0.2, 0) is 9.53 Å². The zero-order valence-electron chi connectivity index (χ0n) is 9.15. The molecular formula is C8H20Cl2N2O3. The highest BCUT2D eigenvalue weighted by Crippen LogP contribution is 2.07. The average molecular weight is 263 g/mol. The van der Waals surface area contributed by atoms with Gasteiger partial charge in [0.2, 0.25) is 0 Å². The van der Waals surface area contributed by atoms with E-state index < -0.39 is 17.8 Å². The van der Waals surface area contributed by atoms with Crippen LogP contribution in [-0.4, -0.2) is 22.9 Å². The largest absolute Gasteiger partial charge is 0.455 e. The number of ether oxygens (including phenoxy) is 1. The summed E-state index contributed by atoms with van der Waals surface area (Å²) in [6.07, 6.45) is -0.748. The van der Waals surface area contributed by atoms with Gasteiger partial charge in [0.15, 0.2) is 0 Å². The number of halogens is 2. The van der Waals surface area contributed by atoms with Gasteiger partial charge in [0.05, 0.1) is 0 Å². The molecule has 6 N–H and O–H groups in total. The minimum absolute atomic E-state index is 0. The van der Waals surface area contributed by atoms with Crippen LogP contribution in [0.5, 0.6) is 0 Å². The van der Waals surface area contributed by atoms with Crippen LogP contribution in [0.25, 0.3) is 0 Å². The number of nitrogens with two attached hydrogens (primary N) is 1.